The van der Waals surface area contributed by atoms with Crippen molar-refractivity contribution < 1.29 is 5.11 Å². The van der Waals surface area contributed by atoms with E-state index >= 15 is 0 Å². The van der Waals surface area contributed by atoms with E-state index in [0.717, 1.165) is 11.3 Å². The Balaban J connectivity index is 2.15. The second kappa shape index (κ2) is 5.27. The fourth-order valence-electron chi connectivity index (χ4n) is 2.09. The van der Waals surface area contributed by atoms with E-state index in [1.807, 2.05) is 6.92 Å². The number of aliphatic hydroxyl groups excluding tert-OH is 1. The van der Waals surface area contributed by atoms with Gasteiger partial charge in [-0.1, -0.05) is 29.3 Å². The number of benzene rings is 1. The summed E-state index contributed by atoms with van der Waals surface area (Å²) in [5, 5.41) is 10.1. The fourth-order valence-corrected chi connectivity index (χ4v) is 2.09. The van der Waals surface area contributed by atoms with Crippen LogP contribution in [-0.2, 0) is 6.42 Å². The Morgan fingerprint density at radius 1 is 1.00 bits per heavy atom. The summed E-state index contributed by atoms with van der Waals surface area (Å²) in [4.78, 5) is 8.36. The van der Waals surface area contributed by atoms with Gasteiger partial charge in [-0.05, 0) is 26.3 Å². The van der Waals surface area contributed by atoms with Gasteiger partial charge in [-0.15, -0.1) is 0 Å². The van der Waals surface area contributed by atoms with Gasteiger partial charge in [-0.3, -0.25) is 9.97 Å². The second-order valence-corrected chi connectivity index (χ2v) is 4.80. The van der Waals surface area contributed by atoms with E-state index in [1.54, 1.807) is 12.4 Å². The molecule has 0 saturated carbocycles. The van der Waals surface area contributed by atoms with E-state index in [2.05, 4.69) is 42.0 Å². The number of hydrogen-bond acceptors (Lipinski definition) is 3. The van der Waals surface area contributed by atoms with Crippen molar-refractivity contribution in [2.75, 3.05) is 0 Å². The number of aryl methyl sites for hydroxylation is 3. The van der Waals surface area contributed by atoms with Crippen LogP contribution in [0.1, 0.15) is 34.2 Å². The lowest BCUT2D eigenvalue weighted by Crippen LogP contribution is -2.05. The van der Waals surface area contributed by atoms with Crippen molar-refractivity contribution in [1.29, 1.82) is 0 Å². The van der Waals surface area contributed by atoms with Crippen LogP contribution in [0.15, 0.2) is 30.6 Å². The Bertz CT molecular complexity index is 514. The van der Waals surface area contributed by atoms with Gasteiger partial charge >= 0.3 is 0 Å². The smallest absolute Gasteiger partial charge is 0.102 e. The summed E-state index contributed by atoms with van der Waals surface area (Å²) in [6, 6.07) is 6.32. The quantitative estimate of drug-likeness (QED) is 0.900. The molecular weight excluding hydrogens is 224 g/mol. The SMILES string of the molecule is Cc1cc(C)cc(CC(O)c2cnc(C)cn2)c1. The van der Waals surface area contributed by atoms with Crippen molar-refractivity contribution in [3.63, 3.8) is 0 Å². The molecule has 0 spiro atoms. The summed E-state index contributed by atoms with van der Waals surface area (Å²) in [6.07, 6.45) is 3.29. The molecule has 1 aromatic heterocycles. The highest BCUT2D eigenvalue weighted by atomic mass is 16.3. The molecule has 2 rings (SSSR count). The van der Waals surface area contributed by atoms with E-state index < -0.39 is 6.10 Å². The molecule has 0 bridgehead atoms. The van der Waals surface area contributed by atoms with Gasteiger partial charge in [0.05, 0.1) is 17.6 Å². The van der Waals surface area contributed by atoms with Crippen molar-refractivity contribution in [2.24, 2.45) is 0 Å². The lowest BCUT2D eigenvalue weighted by atomic mass is 10.0. The van der Waals surface area contributed by atoms with Crippen LogP contribution in [0.25, 0.3) is 0 Å². The highest BCUT2D eigenvalue weighted by molar-refractivity contribution is 5.29. The first-order chi connectivity index (χ1) is 8.54. The minimum absolute atomic E-state index is 0.570. The van der Waals surface area contributed by atoms with Gasteiger partial charge in [-0.2, -0.15) is 0 Å². The Kier molecular flexibility index (Phi) is 3.72. The molecule has 0 aliphatic heterocycles. The Labute approximate surface area is 108 Å². The molecule has 0 fully saturated rings. The zero-order valence-corrected chi connectivity index (χ0v) is 11.0. The molecule has 3 heteroatoms. The van der Waals surface area contributed by atoms with E-state index in [0.29, 0.717) is 12.1 Å². The Morgan fingerprint density at radius 3 is 2.22 bits per heavy atom. The van der Waals surface area contributed by atoms with Crippen molar-refractivity contribution >= 4 is 0 Å². The van der Waals surface area contributed by atoms with E-state index in [-0.39, 0.29) is 0 Å². The average Bonchev–Trinajstić information content (AvgIpc) is 2.28. The van der Waals surface area contributed by atoms with Crippen molar-refractivity contribution in [3.05, 3.63) is 58.7 Å². The third-order valence-corrected chi connectivity index (χ3v) is 2.85. The molecule has 18 heavy (non-hydrogen) atoms. The first-order valence-corrected chi connectivity index (χ1v) is 6.08. The van der Waals surface area contributed by atoms with E-state index in [4.69, 9.17) is 0 Å². The van der Waals surface area contributed by atoms with Crippen LogP contribution in [-0.4, -0.2) is 15.1 Å². The number of hydrogen-bond donors (Lipinski definition) is 1. The zero-order chi connectivity index (χ0) is 13.1. The molecule has 0 amide bonds. The van der Waals surface area contributed by atoms with Crippen molar-refractivity contribution in [3.8, 4) is 0 Å². The molecule has 1 atom stereocenters. The van der Waals surface area contributed by atoms with Gasteiger partial charge in [0.1, 0.15) is 6.10 Å². The van der Waals surface area contributed by atoms with Crippen molar-refractivity contribution in [1.82, 2.24) is 9.97 Å². The third-order valence-electron chi connectivity index (χ3n) is 2.85. The lowest BCUT2D eigenvalue weighted by molar-refractivity contribution is 0.173. The van der Waals surface area contributed by atoms with Crippen LogP contribution in [0.2, 0.25) is 0 Å². The standard InChI is InChI=1S/C15H18N2O/c1-10-4-11(2)6-13(5-10)7-15(18)14-9-16-12(3)8-17-14/h4-6,8-9,15,18H,7H2,1-3H3. The summed E-state index contributed by atoms with van der Waals surface area (Å²) in [6.45, 7) is 6.01. The molecule has 3 nitrogen and oxygen atoms in total. The van der Waals surface area contributed by atoms with Crippen LogP contribution >= 0.6 is 0 Å². The first-order valence-electron chi connectivity index (χ1n) is 6.08. The fraction of sp³-hybridized carbons (Fsp3) is 0.333. The van der Waals surface area contributed by atoms with Gasteiger partial charge in [0.15, 0.2) is 0 Å². The molecule has 0 radical (unpaired) electrons. The van der Waals surface area contributed by atoms with E-state index in [9.17, 15) is 5.11 Å². The first kappa shape index (κ1) is 12.7. The maximum absolute atomic E-state index is 10.1. The largest absolute Gasteiger partial charge is 0.386 e. The van der Waals surface area contributed by atoms with Crippen molar-refractivity contribution in [2.45, 2.75) is 33.3 Å². The summed E-state index contributed by atoms with van der Waals surface area (Å²) in [7, 11) is 0. The summed E-state index contributed by atoms with van der Waals surface area (Å²) < 4.78 is 0. The summed E-state index contributed by atoms with van der Waals surface area (Å²) >= 11 is 0. The molecule has 2 aromatic rings. The Hall–Kier alpha value is -1.74. The van der Waals surface area contributed by atoms with Crippen LogP contribution in [0, 0.1) is 20.8 Å². The number of aliphatic hydroxyl groups is 1. The van der Waals surface area contributed by atoms with Gasteiger partial charge in [0.2, 0.25) is 0 Å². The van der Waals surface area contributed by atoms with Crippen LogP contribution in [0.4, 0.5) is 0 Å². The molecular formula is C15H18N2O. The minimum Gasteiger partial charge on any atom is -0.386 e. The lowest BCUT2D eigenvalue weighted by Gasteiger charge is -2.11. The molecule has 0 aliphatic rings. The second-order valence-electron chi connectivity index (χ2n) is 4.80. The van der Waals surface area contributed by atoms with Gasteiger partial charge in [0, 0.05) is 12.6 Å². The third kappa shape index (κ3) is 3.14. The normalized spacial score (nSPS) is 12.4. The van der Waals surface area contributed by atoms with Gasteiger partial charge < -0.3 is 5.11 Å². The van der Waals surface area contributed by atoms with Crippen LogP contribution in [0.3, 0.4) is 0 Å². The average molecular weight is 242 g/mol. The molecule has 0 aliphatic carbocycles. The maximum Gasteiger partial charge on any atom is 0.102 e. The predicted molar refractivity (Wildman–Crippen MR) is 71.3 cm³/mol. The monoisotopic (exact) mass is 242 g/mol. The number of nitrogens with zero attached hydrogens (tertiary/aromatic N) is 2. The minimum atomic E-state index is -0.598. The topological polar surface area (TPSA) is 46.0 Å². The molecule has 94 valence electrons. The highest BCUT2D eigenvalue weighted by Crippen LogP contribution is 2.18. The number of rotatable bonds is 3. The Morgan fingerprint density at radius 2 is 1.67 bits per heavy atom. The summed E-state index contributed by atoms with van der Waals surface area (Å²) in [5.41, 5.74) is 5.04. The molecule has 1 heterocycles. The number of aromatic nitrogens is 2. The molecule has 0 saturated heterocycles. The molecule has 1 unspecified atom stereocenters. The van der Waals surface area contributed by atoms with E-state index in [1.165, 1.54) is 11.1 Å². The van der Waals surface area contributed by atoms with Crippen LogP contribution in [0.5, 0.6) is 0 Å². The zero-order valence-electron chi connectivity index (χ0n) is 11.0. The highest BCUT2D eigenvalue weighted by Gasteiger charge is 2.10. The predicted octanol–water partition coefficient (Wildman–Crippen LogP) is 2.68. The molecule has 1 aromatic carbocycles. The molecule has 1 N–H and O–H groups in total. The van der Waals surface area contributed by atoms with Crippen LogP contribution < -0.4 is 0 Å². The van der Waals surface area contributed by atoms with Gasteiger partial charge in [-0.25, -0.2) is 0 Å². The summed E-state index contributed by atoms with van der Waals surface area (Å²) in [5.74, 6) is 0. The van der Waals surface area contributed by atoms with Gasteiger partial charge in [0.25, 0.3) is 0 Å². The maximum atomic E-state index is 10.1.